The van der Waals surface area contributed by atoms with E-state index < -0.39 is 81.2 Å². The van der Waals surface area contributed by atoms with Gasteiger partial charge in [0.05, 0.1) is 32.1 Å². The third-order valence-corrected chi connectivity index (χ3v) is 5.93. The van der Waals surface area contributed by atoms with Gasteiger partial charge in [0.25, 0.3) is 0 Å². The Balaban J connectivity index is 1.64. The summed E-state index contributed by atoms with van der Waals surface area (Å²) in [6.45, 7) is -0.388. The van der Waals surface area contributed by atoms with E-state index in [-0.39, 0.29) is 17.9 Å². The Kier molecular flexibility index (Phi) is 9.13. The number of aliphatic hydroxyl groups is 8. The van der Waals surface area contributed by atoms with Crippen LogP contribution in [0.25, 0.3) is 0 Å². The highest BCUT2D eigenvalue weighted by atomic mass is 16.7. The maximum absolute atomic E-state index is 10.3. The molecule has 0 spiro atoms. The Morgan fingerprint density at radius 1 is 0.824 bits per heavy atom. The molecule has 2 saturated heterocycles. The molecule has 0 amide bonds. The number of aryl methyl sites for hydroxylation is 1. The molecule has 0 radical (unpaired) electrons. The number of hydrogen-bond donors (Lipinski definition) is 9. The molecule has 14 nitrogen and oxygen atoms in total. The van der Waals surface area contributed by atoms with Gasteiger partial charge in [0, 0.05) is 17.3 Å². The SMILES string of the molecule is Cc1ncc(CO[C@H]2O[C@H](CO[C@H]3O[C@H](CO)[C@@H](O)[C@H](O)[C@H]3O)[C@@H](O)[C@H](O)[C@H]2O)c(CO)c1O. The van der Waals surface area contributed by atoms with E-state index in [2.05, 4.69) is 4.98 Å². The molecule has 0 unspecified atom stereocenters. The minimum Gasteiger partial charge on any atom is -0.506 e. The van der Waals surface area contributed by atoms with E-state index in [0.29, 0.717) is 11.3 Å². The van der Waals surface area contributed by atoms with Gasteiger partial charge < -0.3 is 64.9 Å². The lowest BCUT2D eigenvalue weighted by molar-refractivity contribution is -0.332. The molecule has 0 aliphatic carbocycles. The second kappa shape index (κ2) is 11.5. The molecule has 34 heavy (non-hydrogen) atoms. The lowest BCUT2D eigenvalue weighted by atomic mass is 9.98. The van der Waals surface area contributed by atoms with Crippen LogP contribution in [0.5, 0.6) is 5.75 Å². The van der Waals surface area contributed by atoms with Gasteiger partial charge in [-0.05, 0) is 6.92 Å². The van der Waals surface area contributed by atoms with Crippen LogP contribution >= 0.6 is 0 Å². The van der Waals surface area contributed by atoms with Crippen molar-refractivity contribution >= 4 is 0 Å². The van der Waals surface area contributed by atoms with Crippen LogP contribution in [0, 0.1) is 6.92 Å². The first-order valence-electron chi connectivity index (χ1n) is 10.6. The lowest BCUT2D eigenvalue weighted by Gasteiger charge is -2.42. The van der Waals surface area contributed by atoms with Gasteiger partial charge in [0.1, 0.15) is 54.6 Å². The van der Waals surface area contributed by atoms with E-state index in [1.165, 1.54) is 6.20 Å². The van der Waals surface area contributed by atoms with Crippen molar-refractivity contribution in [3.63, 3.8) is 0 Å². The number of nitrogens with zero attached hydrogens (tertiary/aromatic N) is 1. The van der Waals surface area contributed by atoms with Gasteiger partial charge in [-0.15, -0.1) is 0 Å². The first kappa shape index (κ1) is 27.1. The molecule has 0 aromatic carbocycles. The maximum Gasteiger partial charge on any atom is 0.187 e. The quantitative estimate of drug-likeness (QED) is 0.167. The van der Waals surface area contributed by atoms with Gasteiger partial charge in [-0.2, -0.15) is 0 Å². The number of aromatic hydroxyl groups is 1. The van der Waals surface area contributed by atoms with Crippen molar-refractivity contribution < 1.29 is 64.9 Å². The predicted molar refractivity (Wildman–Crippen MR) is 108 cm³/mol. The van der Waals surface area contributed by atoms with Crippen LogP contribution in [-0.2, 0) is 32.2 Å². The Labute approximate surface area is 194 Å². The van der Waals surface area contributed by atoms with E-state index in [9.17, 15) is 46.0 Å². The van der Waals surface area contributed by atoms with Crippen LogP contribution in [0.15, 0.2) is 6.20 Å². The topological polar surface area (TPSA) is 232 Å². The van der Waals surface area contributed by atoms with Gasteiger partial charge in [-0.3, -0.25) is 4.98 Å². The van der Waals surface area contributed by atoms with Crippen molar-refractivity contribution in [2.45, 2.75) is 81.5 Å². The van der Waals surface area contributed by atoms with Crippen LogP contribution in [0.4, 0.5) is 0 Å². The van der Waals surface area contributed by atoms with E-state index in [4.69, 9.17) is 18.9 Å². The number of rotatable bonds is 8. The summed E-state index contributed by atoms with van der Waals surface area (Å²) in [5.41, 5.74) is 0.766. The highest BCUT2D eigenvalue weighted by Gasteiger charge is 2.47. The molecule has 0 bridgehead atoms. The fourth-order valence-corrected chi connectivity index (χ4v) is 3.74. The Hall–Kier alpha value is -1.53. The zero-order valence-corrected chi connectivity index (χ0v) is 18.3. The second-order valence-corrected chi connectivity index (χ2v) is 8.21. The molecule has 1 aromatic heterocycles. The Morgan fingerprint density at radius 3 is 1.97 bits per heavy atom. The second-order valence-electron chi connectivity index (χ2n) is 8.21. The molecule has 3 heterocycles. The van der Waals surface area contributed by atoms with Crippen molar-refractivity contribution in [2.75, 3.05) is 13.2 Å². The van der Waals surface area contributed by atoms with Crippen molar-refractivity contribution in [1.82, 2.24) is 4.98 Å². The molecule has 2 aliphatic rings. The number of aliphatic hydroxyl groups excluding tert-OH is 8. The summed E-state index contributed by atoms with van der Waals surface area (Å²) in [6.07, 6.45) is -14.0. The average Bonchev–Trinajstić information content (AvgIpc) is 2.83. The molecular weight excluding hydrogens is 462 g/mol. The number of ether oxygens (including phenoxy) is 4. The van der Waals surface area contributed by atoms with E-state index in [1.54, 1.807) is 6.92 Å². The van der Waals surface area contributed by atoms with Crippen LogP contribution < -0.4 is 0 Å². The zero-order valence-electron chi connectivity index (χ0n) is 18.3. The summed E-state index contributed by atoms with van der Waals surface area (Å²) in [5, 5.41) is 89.3. The van der Waals surface area contributed by atoms with Crippen LogP contribution in [0.2, 0.25) is 0 Å². The molecule has 194 valence electrons. The van der Waals surface area contributed by atoms with Crippen molar-refractivity contribution in [3.8, 4) is 5.75 Å². The summed E-state index contributed by atoms with van der Waals surface area (Å²) in [5.74, 6) is -0.213. The molecule has 14 heteroatoms. The summed E-state index contributed by atoms with van der Waals surface area (Å²) < 4.78 is 21.6. The fourth-order valence-electron chi connectivity index (χ4n) is 3.74. The minimum absolute atomic E-state index is 0.167. The first-order valence-corrected chi connectivity index (χ1v) is 10.6. The zero-order chi connectivity index (χ0) is 25.2. The summed E-state index contributed by atoms with van der Waals surface area (Å²) >= 11 is 0. The number of hydrogen-bond acceptors (Lipinski definition) is 14. The van der Waals surface area contributed by atoms with Crippen molar-refractivity contribution in [3.05, 3.63) is 23.0 Å². The Morgan fingerprint density at radius 2 is 1.38 bits per heavy atom. The van der Waals surface area contributed by atoms with Crippen LogP contribution in [0.3, 0.4) is 0 Å². The monoisotopic (exact) mass is 493 g/mol. The van der Waals surface area contributed by atoms with Gasteiger partial charge in [0.2, 0.25) is 0 Å². The molecule has 9 N–H and O–H groups in total. The van der Waals surface area contributed by atoms with E-state index >= 15 is 0 Å². The maximum atomic E-state index is 10.3. The molecule has 2 aliphatic heterocycles. The third-order valence-electron chi connectivity index (χ3n) is 5.93. The highest BCUT2D eigenvalue weighted by molar-refractivity contribution is 5.39. The smallest absolute Gasteiger partial charge is 0.187 e. The van der Waals surface area contributed by atoms with E-state index in [0.717, 1.165) is 0 Å². The van der Waals surface area contributed by atoms with Crippen LogP contribution in [-0.4, -0.2) is 126 Å². The molecule has 1 aromatic rings. The number of aromatic nitrogens is 1. The average molecular weight is 493 g/mol. The van der Waals surface area contributed by atoms with Gasteiger partial charge in [-0.25, -0.2) is 0 Å². The lowest BCUT2D eigenvalue weighted by Crippen LogP contribution is -2.61. The van der Waals surface area contributed by atoms with Gasteiger partial charge in [-0.1, -0.05) is 0 Å². The van der Waals surface area contributed by atoms with Gasteiger partial charge in [0.15, 0.2) is 12.6 Å². The Bertz CT molecular complexity index is 811. The van der Waals surface area contributed by atoms with Crippen molar-refractivity contribution in [1.29, 1.82) is 0 Å². The molecular formula is C20H31NO13. The largest absolute Gasteiger partial charge is 0.506 e. The van der Waals surface area contributed by atoms with Crippen LogP contribution in [0.1, 0.15) is 16.8 Å². The molecule has 2 fully saturated rings. The summed E-state index contributed by atoms with van der Waals surface area (Å²) in [7, 11) is 0. The highest BCUT2D eigenvalue weighted by Crippen LogP contribution is 2.28. The summed E-state index contributed by atoms with van der Waals surface area (Å²) in [6, 6.07) is 0. The predicted octanol–water partition coefficient (Wildman–Crippen LogP) is -4.27. The minimum atomic E-state index is -1.70. The van der Waals surface area contributed by atoms with Gasteiger partial charge >= 0.3 is 0 Å². The molecule has 3 rings (SSSR count). The molecule has 0 saturated carbocycles. The molecule has 10 atom stereocenters. The standard InChI is InChI=1S/C20H31NO13/c1-7-12(24)9(3-22)8(2-21-7)5-31-19-18(30)16(28)14(26)11(34-19)6-32-20-17(29)15(27)13(25)10(4-23)33-20/h2,10-11,13-20,22-30H,3-6H2,1H3/t10-,11-,13-,14-,15+,16+,17-,18-,19+,20+/m1/s1. The van der Waals surface area contributed by atoms with E-state index in [1.807, 2.05) is 0 Å². The number of pyridine rings is 1. The third kappa shape index (κ3) is 5.48. The first-order chi connectivity index (χ1) is 16.1. The normalized spacial score (nSPS) is 38.7. The fraction of sp³-hybridized carbons (Fsp3) is 0.750. The summed E-state index contributed by atoms with van der Waals surface area (Å²) in [4.78, 5) is 3.98. The van der Waals surface area contributed by atoms with Crippen molar-refractivity contribution in [2.24, 2.45) is 0 Å².